The van der Waals surface area contributed by atoms with Gasteiger partial charge in [-0.05, 0) is 39.5 Å². The summed E-state index contributed by atoms with van der Waals surface area (Å²) in [6.07, 6.45) is -10.8. The van der Waals surface area contributed by atoms with Crippen LogP contribution in [-0.4, -0.2) is 112 Å². The minimum absolute atomic E-state index is 0.0628. The smallest absolute Gasteiger partial charge is 0.337 e. The van der Waals surface area contributed by atoms with E-state index in [1.807, 2.05) is 0 Å². The summed E-state index contributed by atoms with van der Waals surface area (Å²) in [5.41, 5.74) is 0. The molecule has 0 rings (SSSR count). The van der Waals surface area contributed by atoms with Crippen LogP contribution in [0.5, 0.6) is 0 Å². The number of carbonyl (C=O) groups excluding carboxylic acids is 2. The highest BCUT2D eigenvalue weighted by atomic mass is 32.2. The van der Waals surface area contributed by atoms with Gasteiger partial charge in [-0.25, -0.2) is 9.59 Å². The maximum Gasteiger partial charge on any atom is 0.337 e. The van der Waals surface area contributed by atoms with Crippen molar-refractivity contribution in [3.63, 3.8) is 0 Å². The summed E-state index contributed by atoms with van der Waals surface area (Å²) in [6, 6.07) is 0. The van der Waals surface area contributed by atoms with Crippen LogP contribution in [0.25, 0.3) is 0 Å². The summed E-state index contributed by atoms with van der Waals surface area (Å²) in [5, 5.41) is 39.7. The molecule has 34 heavy (non-hydrogen) atoms. The third kappa shape index (κ3) is 13.5. The first-order valence-corrected chi connectivity index (χ1v) is 14.0. The minimum atomic E-state index is -4.19. The molecule has 16 heteroatoms. The van der Waals surface area contributed by atoms with Crippen molar-refractivity contribution >= 4 is 32.2 Å². The lowest BCUT2D eigenvalue weighted by molar-refractivity contribution is -0.160. The fourth-order valence-corrected chi connectivity index (χ4v) is 4.13. The first kappa shape index (κ1) is 32.6. The van der Waals surface area contributed by atoms with E-state index in [0.29, 0.717) is 12.5 Å². The lowest BCUT2D eigenvalue weighted by Crippen LogP contribution is -2.40. The van der Waals surface area contributed by atoms with Gasteiger partial charge in [0.15, 0.2) is 12.2 Å². The number of hydrogen-bond acceptors (Lipinski definition) is 14. The summed E-state index contributed by atoms with van der Waals surface area (Å²) in [7, 11) is -8.38. The Morgan fingerprint density at radius 1 is 0.647 bits per heavy atom. The van der Waals surface area contributed by atoms with Gasteiger partial charge in [0.1, 0.15) is 12.2 Å². The van der Waals surface area contributed by atoms with E-state index >= 15 is 0 Å². The molecule has 0 saturated heterocycles. The van der Waals surface area contributed by atoms with Gasteiger partial charge in [-0.2, -0.15) is 16.8 Å². The van der Waals surface area contributed by atoms with Crippen molar-refractivity contribution in [2.75, 3.05) is 25.7 Å². The standard InChI is InChI=1S/C18H34O14S2/c1-5-29-17(23)15(21)11(19)7-9-13(31-33(3,25)26)14(32-34(4,27)28)10-8-12(20)16(22)18(24)30-6-2/h11-16,19-22H,5-10H2,1-4H3/t11-,12-,13-,14-,15+,16+/m0/s1. The topological polar surface area (TPSA) is 220 Å². The first-order chi connectivity index (χ1) is 15.5. The monoisotopic (exact) mass is 538 g/mol. The van der Waals surface area contributed by atoms with Crippen LogP contribution in [0, 0.1) is 0 Å². The van der Waals surface area contributed by atoms with Crippen molar-refractivity contribution in [1.29, 1.82) is 0 Å². The molecule has 0 aliphatic carbocycles. The van der Waals surface area contributed by atoms with Crippen LogP contribution < -0.4 is 0 Å². The van der Waals surface area contributed by atoms with Gasteiger partial charge in [-0.15, -0.1) is 0 Å². The Balaban J connectivity index is 5.60. The van der Waals surface area contributed by atoms with Crippen LogP contribution in [-0.2, 0) is 47.7 Å². The molecule has 0 radical (unpaired) electrons. The zero-order chi connectivity index (χ0) is 26.7. The third-order valence-electron chi connectivity index (χ3n) is 4.29. The minimum Gasteiger partial charge on any atom is -0.464 e. The Labute approximate surface area is 199 Å². The van der Waals surface area contributed by atoms with Gasteiger partial charge < -0.3 is 29.9 Å². The highest BCUT2D eigenvalue weighted by Crippen LogP contribution is 2.22. The predicted octanol–water partition coefficient (Wildman–Crippen LogP) is -2.19. The van der Waals surface area contributed by atoms with Crippen molar-refractivity contribution in [1.82, 2.24) is 0 Å². The van der Waals surface area contributed by atoms with Crippen molar-refractivity contribution in [3.8, 4) is 0 Å². The number of aliphatic hydroxyl groups excluding tert-OH is 4. The Morgan fingerprint density at radius 3 is 1.18 bits per heavy atom. The molecule has 0 aromatic rings. The predicted molar refractivity (Wildman–Crippen MR) is 115 cm³/mol. The molecule has 202 valence electrons. The van der Waals surface area contributed by atoms with Gasteiger partial charge in [0, 0.05) is 0 Å². The van der Waals surface area contributed by atoms with Crippen LogP contribution >= 0.6 is 0 Å². The van der Waals surface area contributed by atoms with Crippen LogP contribution in [0.1, 0.15) is 39.5 Å². The van der Waals surface area contributed by atoms with Gasteiger partial charge in [-0.3, -0.25) is 8.37 Å². The molecule has 0 amide bonds. The Kier molecular flexibility index (Phi) is 14.3. The normalized spacial score (nSPS) is 17.8. The van der Waals surface area contributed by atoms with E-state index in [9.17, 15) is 46.9 Å². The molecule has 4 N–H and O–H groups in total. The molecule has 0 unspecified atom stereocenters. The molecule has 0 aromatic carbocycles. The van der Waals surface area contributed by atoms with Crippen LogP contribution in [0.2, 0.25) is 0 Å². The lowest BCUT2D eigenvalue weighted by Gasteiger charge is -2.28. The van der Waals surface area contributed by atoms with Crippen LogP contribution in [0.15, 0.2) is 0 Å². The van der Waals surface area contributed by atoms with E-state index in [-0.39, 0.29) is 13.2 Å². The summed E-state index contributed by atoms with van der Waals surface area (Å²) >= 11 is 0. The van der Waals surface area contributed by atoms with E-state index in [4.69, 9.17) is 8.37 Å². The van der Waals surface area contributed by atoms with Crippen LogP contribution in [0.4, 0.5) is 0 Å². The zero-order valence-electron chi connectivity index (χ0n) is 19.4. The van der Waals surface area contributed by atoms with Crippen molar-refractivity contribution in [3.05, 3.63) is 0 Å². The Bertz CT molecular complexity index is 771. The van der Waals surface area contributed by atoms with Gasteiger partial charge in [0.05, 0.1) is 37.9 Å². The molecular formula is C18H34O14S2. The Hall–Kier alpha value is -1.40. The summed E-state index contributed by atoms with van der Waals surface area (Å²) in [5.74, 6) is -2.23. The number of carbonyl (C=O) groups is 2. The molecule has 0 aliphatic rings. The average molecular weight is 539 g/mol. The molecule has 0 bridgehead atoms. The third-order valence-corrected chi connectivity index (χ3v) is 5.48. The van der Waals surface area contributed by atoms with Crippen molar-refractivity contribution in [2.45, 2.75) is 76.2 Å². The molecule has 0 aliphatic heterocycles. The molecule has 0 saturated carbocycles. The van der Waals surface area contributed by atoms with Gasteiger partial charge in [0.2, 0.25) is 0 Å². The van der Waals surface area contributed by atoms with E-state index in [0.717, 1.165) is 0 Å². The maximum atomic E-state index is 11.7. The van der Waals surface area contributed by atoms with Crippen molar-refractivity contribution < 1.29 is 64.7 Å². The molecular weight excluding hydrogens is 504 g/mol. The van der Waals surface area contributed by atoms with Gasteiger partial charge in [-0.1, -0.05) is 0 Å². The number of esters is 2. The highest BCUT2D eigenvalue weighted by molar-refractivity contribution is 7.86. The summed E-state index contributed by atoms with van der Waals surface area (Å²) in [4.78, 5) is 23.1. The second-order valence-electron chi connectivity index (χ2n) is 7.36. The molecule has 0 fully saturated rings. The van der Waals surface area contributed by atoms with E-state index in [1.54, 1.807) is 0 Å². The molecule has 0 aromatic heterocycles. The summed E-state index contributed by atoms with van der Waals surface area (Å²) < 4.78 is 65.9. The van der Waals surface area contributed by atoms with E-state index < -0.39 is 94.5 Å². The Morgan fingerprint density at radius 2 is 0.941 bits per heavy atom. The van der Waals surface area contributed by atoms with Crippen molar-refractivity contribution in [2.24, 2.45) is 0 Å². The SMILES string of the molecule is CCOC(=O)[C@H](O)[C@@H](O)CC[C@H](OS(C)(=O)=O)[C@H](CC[C@H](O)[C@@H](O)C(=O)OCC)OS(C)(=O)=O. The summed E-state index contributed by atoms with van der Waals surface area (Å²) in [6.45, 7) is 2.83. The highest BCUT2D eigenvalue weighted by Gasteiger charge is 2.34. The maximum absolute atomic E-state index is 11.7. The lowest BCUT2D eigenvalue weighted by atomic mass is 9.98. The average Bonchev–Trinajstić information content (AvgIpc) is 2.71. The van der Waals surface area contributed by atoms with Gasteiger partial charge >= 0.3 is 11.9 Å². The number of ether oxygens (including phenoxy) is 2. The number of aliphatic hydroxyl groups is 4. The second kappa shape index (κ2) is 14.9. The second-order valence-corrected chi connectivity index (χ2v) is 10.6. The zero-order valence-corrected chi connectivity index (χ0v) is 21.0. The number of hydrogen-bond donors (Lipinski definition) is 4. The van der Waals surface area contributed by atoms with E-state index in [2.05, 4.69) is 9.47 Å². The first-order valence-electron chi connectivity index (χ1n) is 10.3. The quantitative estimate of drug-likeness (QED) is 0.114. The largest absolute Gasteiger partial charge is 0.464 e. The fourth-order valence-electron chi connectivity index (χ4n) is 2.80. The molecule has 6 atom stereocenters. The van der Waals surface area contributed by atoms with Crippen LogP contribution in [0.3, 0.4) is 0 Å². The fraction of sp³-hybridized carbons (Fsp3) is 0.889. The molecule has 0 spiro atoms. The molecule has 0 heterocycles. The number of rotatable bonds is 17. The molecule has 14 nitrogen and oxygen atoms in total. The van der Waals surface area contributed by atoms with Gasteiger partial charge in [0.25, 0.3) is 20.2 Å². The van der Waals surface area contributed by atoms with E-state index in [1.165, 1.54) is 13.8 Å².